The minimum atomic E-state index is 0.368. The van der Waals surface area contributed by atoms with Crippen LogP contribution in [0.1, 0.15) is 24.0 Å². The van der Waals surface area contributed by atoms with E-state index in [1.165, 1.54) is 16.1 Å². The Hall–Kier alpha value is -5.13. The highest BCUT2D eigenvalue weighted by molar-refractivity contribution is 7.98. The zero-order valence-corrected chi connectivity index (χ0v) is 32.4. The van der Waals surface area contributed by atoms with Crippen LogP contribution in [0.5, 0.6) is 34.5 Å². The molecule has 1 saturated heterocycles. The summed E-state index contributed by atoms with van der Waals surface area (Å²) in [7, 11) is 9.74. The summed E-state index contributed by atoms with van der Waals surface area (Å²) in [5.74, 6) is 3.56. The number of nitrogens with zero attached hydrogens (tertiary/aromatic N) is 4. The van der Waals surface area contributed by atoms with Crippen molar-refractivity contribution >= 4 is 17.4 Å². The van der Waals surface area contributed by atoms with Gasteiger partial charge in [-0.1, -0.05) is 0 Å². The predicted octanol–water partition coefficient (Wildman–Crippen LogP) is 8.26. The van der Waals surface area contributed by atoms with Gasteiger partial charge < -0.3 is 33.3 Å². The first-order chi connectivity index (χ1) is 25.9. The summed E-state index contributed by atoms with van der Waals surface area (Å²) in [4.78, 5) is 15.7. The second-order valence-electron chi connectivity index (χ2n) is 12.8. The molecule has 0 bridgehead atoms. The fraction of sp³-hybridized carbons (Fsp3) is 0.333. The van der Waals surface area contributed by atoms with Crippen molar-refractivity contribution < 1.29 is 28.4 Å². The smallest absolute Gasteiger partial charge is 0.203 e. The Morgan fingerprint density at radius 1 is 0.660 bits per heavy atom. The average Bonchev–Trinajstić information content (AvgIpc) is 3.22. The highest BCUT2D eigenvalue weighted by Gasteiger charge is 2.26. The maximum atomic E-state index is 5.63. The second kappa shape index (κ2) is 17.6. The van der Waals surface area contributed by atoms with Crippen LogP contribution < -0.4 is 33.3 Å². The summed E-state index contributed by atoms with van der Waals surface area (Å²) in [6, 6.07) is 23.6. The van der Waals surface area contributed by atoms with Crippen LogP contribution in [-0.4, -0.2) is 82.9 Å². The Balaban J connectivity index is 1.20. The van der Waals surface area contributed by atoms with Crippen LogP contribution in [-0.2, 0) is 13.1 Å². The lowest BCUT2D eigenvalue weighted by Crippen LogP contribution is -2.44. The Morgan fingerprint density at radius 3 is 1.79 bits per heavy atom. The summed E-state index contributed by atoms with van der Waals surface area (Å²) >= 11 is 1.76. The molecular formula is C42H48N4O6S. The molecule has 0 aliphatic carbocycles. The summed E-state index contributed by atoms with van der Waals surface area (Å²) in [6.07, 6.45) is 9.90. The van der Waals surface area contributed by atoms with E-state index in [9.17, 15) is 0 Å². The SMILES string of the molecule is COc1cc(-c2cncc(CN3CCC(N(Cc4ccnc(-c5cc(OC)c(OC)c(OC)c5)c4)c4ccc(SC)cc4)CC3)c2)cc(OC)c1OC. The number of rotatable bonds is 15. The van der Waals surface area contributed by atoms with Crippen molar-refractivity contribution in [3.63, 3.8) is 0 Å². The van der Waals surface area contributed by atoms with Gasteiger partial charge in [0.25, 0.3) is 0 Å². The predicted molar refractivity (Wildman–Crippen MR) is 211 cm³/mol. The molecule has 0 unspecified atom stereocenters. The van der Waals surface area contributed by atoms with E-state index < -0.39 is 0 Å². The van der Waals surface area contributed by atoms with Crippen molar-refractivity contribution in [2.75, 3.05) is 66.9 Å². The minimum Gasteiger partial charge on any atom is -0.493 e. The Kier molecular flexibility index (Phi) is 12.5. The van der Waals surface area contributed by atoms with Crippen LogP contribution >= 0.6 is 11.8 Å². The molecule has 278 valence electrons. The van der Waals surface area contributed by atoms with E-state index >= 15 is 0 Å². The molecule has 3 heterocycles. The quantitative estimate of drug-likeness (QED) is 0.0974. The number of hydrogen-bond donors (Lipinski definition) is 0. The van der Waals surface area contributed by atoms with Gasteiger partial charge in [-0.2, -0.15) is 0 Å². The van der Waals surface area contributed by atoms with Gasteiger partial charge in [-0.3, -0.25) is 14.9 Å². The van der Waals surface area contributed by atoms with Gasteiger partial charge in [0, 0.05) is 72.5 Å². The molecule has 5 aromatic rings. The highest BCUT2D eigenvalue weighted by atomic mass is 32.2. The van der Waals surface area contributed by atoms with Crippen LogP contribution in [0.3, 0.4) is 0 Å². The fourth-order valence-corrected chi connectivity index (χ4v) is 7.40. The Labute approximate surface area is 317 Å². The molecule has 1 aliphatic heterocycles. The molecule has 1 fully saturated rings. The first-order valence-electron chi connectivity index (χ1n) is 17.5. The van der Waals surface area contributed by atoms with Crippen molar-refractivity contribution in [2.45, 2.75) is 36.9 Å². The third-order valence-electron chi connectivity index (χ3n) is 9.74. The second-order valence-corrected chi connectivity index (χ2v) is 13.7. The summed E-state index contributed by atoms with van der Waals surface area (Å²) < 4.78 is 33.5. The molecule has 0 N–H and O–H groups in total. The molecule has 10 nitrogen and oxygen atoms in total. The molecule has 6 rings (SSSR count). The Morgan fingerprint density at radius 2 is 1.25 bits per heavy atom. The number of hydrogen-bond acceptors (Lipinski definition) is 11. The zero-order valence-electron chi connectivity index (χ0n) is 31.5. The summed E-state index contributed by atoms with van der Waals surface area (Å²) in [6.45, 7) is 3.53. The van der Waals surface area contributed by atoms with Gasteiger partial charge in [0.1, 0.15) is 0 Å². The van der Waals surface area contributed by atoms with E-state index in [2.05, 4.69) is 63.5 Å². The van der Waals surface area contributed by atoms with Gasteiger partial charge in [-0.15, -0.1) is 11.8 Å². The third-order valence-corrected chi connectivity index (χ3v) is 10.5. The van der Waals surface area contributed by atoms with Gasteiger partial charge in [-0.05, 0) is 103 Å². The largest absolute Gasteiger partial charge is 0.493 e. The van der Waals surface area contributed by atoms with E-state index in [-0.39, 0.29) is 0 Å². The monoisotopic (exact) mass is 736 g/mol. The van der Waals surface area contributed by atoms with Gasteiger partial charge in [0.05, 0.1) is 48.4 Å². The van der Waals surface area contributed by atoms with E-state index in [0.29, 0.717) is 40.5 Å². The zero-order chi connectivity index (χ0) is 37.3. The summed E-state index contributed by atoms with van der Waals surface area (Å²) in [5, 5.41) is 0. The van der Waals surface area contributed by atoms with Crippen molar-refractivity contribution in [3.8, 4) is 56.9 Å². The molecule has 2 aromatic heterocycles. The lowest BCUT2D eigenvalue weighted by atomic mass is 9.99. The number of ether oxygens (including phenoxy) is 6. The fourth-order valence-electron chi connectivity index (χ4n) is 6.99. The molecule has 0 radical (unpaired) electrons. The minimum absolute atomic E-state index is 0.368. The number of methoxy groups -OCH3 is 6. The Bertz CT molecular complexity index is 1930. The van der Waals surface area contributed by atoms with Crippen LogP contribution in [0.15, 0.2) is 90.2 Å². The number of aromatic nitrogens is 2. The number of likely N-dealkylation sites (tertiary alicyclic amines) is 1. The van der Waals surface area contributed by atoms with Crippen molar-refractivity contribution in [2.24, 2.45) is 0 Å². The molecule has 11 heteroatoms. The van der Waals surface area contributed by atoms with Gasteiger partial charge in [0.15, 0.2) is 23.0 Å². The number of thioether (sulfide) groups is 1. The van der Waals surface area contributed by atoms with Crippen LogP contribution in [0.2, 0.25) is 0 Å². The normalized spacial score (nSPS) is 13.3. The molecule has 1 aliphatic rings. The maximum Gasteiger partial charge on any atom is 0.203 e. The van der Waals surface area contributed by atoms with E-state index in [0.717, 1.165) is 67.0 Å². The molecule has 0 spiro atoms. The molecule has 53 heavy (non-hydrogen) atoms. The van der Waals surface area contributed by atoms with Crippen molar-refractivity contribution in [1.29, 1.82) is 0 Å². The third kappa shape index (κ3) is 8.58. The molecule has 0 saturated carbocycles. The number of benzene rings is 3. The summed E-state index contributed by atoms with van der Waals surface area (Å²) in [5.41, 5.74) is 7.26. The topological polar surface area (TPSA) is 87.6 Å². The molecule has 0 amide bonds. The first kappa shape index (κ1) is 37.6. The van der Waals surface area contributed by atoms with E-state index in [1.807, 2.05) is 42.9 Å². The van der Waals surface area contributed by atoms with Gasteiger partial charge >= 0.3 is 0 Å². The standard InChI is InChI=1S/C42H48N4O6S/c1-47-37-20-30(21-38(48-2)41(37)51-5)32-18-29(24-43-25-32)26-45-16-13-34(14-17-45)46(33-8-10-35(53-7)11-9-33)27-28-12-15-44-36(19-28)31-22-39(49-3)42(52-6)40(23-31)50-4/h8-12,15,18-25,34H,13-14,16-17,26-27H2,1-7H3. The lowest BCUT2D eigenvalue weighted by molar-refractivity contribution is 0.200. The highest BCUT2D eigenvalue weighted by Crippen LogP contribution is 2.42. The number of anilines is 1. The average molecular weight is 737 g/mol. The van der Waals surface area contributed by atoms with E-state index in [1.54, 1.807) is 54.4 Å². The van der Waals surface area contributed by atoms with Crippen molar-refractivity contribution in [1.82, 2.24) is 14.9 Å². The van der Waals surface area contributed by atoms with Crippen molar-refractivity contribution in [3.05, 3.63) is 96.4 Å². The first-order valence-corrected chi connectivity index (χ1v) is 18.8. The lowest BCUT2D eigenvalue weighted by Gasteiger charge is -2.40. The van der Waals surface area contributed by atoms with Crippen LogP contribution in [0.4, 0.5) is 5.69 Å². The number of pyridine rings is 2. The van der Waals surface area contributed by atoms with Crippen LogP contribution in [0, 0.1) is 0 Å². The van der Waals surface area contributed by atoms with Gasteiger partial charge in [-0.25, -0.2) is 0 Å². The van der Waals surface area contributed by atoms with E-state index in [4.69, 9.17) is 33.4 Å². The van der Waals surface area contributed by atoms with Crippen LogP contribution in [0.25, 0.3) is 22.4 Å². The molecular weight excluding hydrogens is 689 g/mol. The molecule has 0 atom stereocenters. The van der Waals surface area contributed by atoms with Gasteiger partial charge in [0.2, 0.25) is 11.5 Å². The maximum absolute atomic E-state index is 5.63. The number of piperidine rings is 1. The molecule has 3 aromatic carbocycles.